The Morgan fingerprint density at radius 1 is 1.42 bits per heavy atom. The van der Waals surface area contributed by atoms with E-state index in [-0.39, 0.29) is 34.6 Å². The number of carbonyl (C=O) groups excluding carboxylic acids is 1. The van der Waals surface area contributed by atoms with Crippen LogP contribution in [-0.4, -0.2) is 18.5 Å². The standard InChI is InChI=1S/C11H11Cl2F2NO2.ClH/c1-2-18-10(17)11(14,15)9(16)8-6(12)4-3-5-7(8)13;/h3-5,9H,2,16H2,1H3;1H/t9-;/m0./s1. The van der Waals surface area contributed by atoms with Crippen molar-refractivity contribution in [3.63, 3.8) is 0 Å². The predicted octanol–water partition coefficient (Wildman–Crippen LogP) is 3.61. The Morgan fingerprint density at radius 2 is 1.89 bits per heavy atom. The average Bonchev–Trinajstić information content (AvgIpc) is 2.28. The molecule has 1 aromatic carbocycles. The summed E-state index contributed by atoms with van der Waals surface area (Å²) in [7, 11) is 0. The summed E-state index contributed by atoms with van der Waals surface area (Å²) >= 11 is 11.5. The third-order valence-electron chi connectivity index (χ3n) is 2.25. The van der Waals surface area contributed by atoms with Gasteiger partial charge in [-0.05, 0) is 19.1 Å². The van der Waals surface area contributed by atoms with Crippen LogP contribution in [0, 0.1) is 0 Å². The molecule has 0 spiro atoms. The molecule has 1 rings (SSSR count). The van der Waals surface area contributed by atoms with Crippen LogP contribution < -0.4 is 5.73 Å². The van der Waals surface area contributed by atoms with Gasteiger partial charge in [0.2, 0.25) is 0 Å². The van der Waals surface area contributed by atoms with Crippen molar-refractivity contribution in [1.29, 1.82) is 0 Å². The lowest BCUT2D eigenvalue weighted by molar-refractivity contribution is -0.174. The van der Waals surface area contributed by atoms with Crippen LogP contribution >= 0.6 is 35.6 Å². The van der Waals surface area contributed by atoms with Gasteiger partial charge in [0, 0.05) is 15.6 Å². The van der Waals surface area contributed by atoms with E-state index in [1.807, 2.05) is 0 Å². The Kier molecular flexibility index (Phi) is 7.00. The first-order valence-corrected chi connectivity index (χ1v) is 5.82. The van der Waals surface area contributed by atoms with E-state index in [4.69, 9.17) is 28.9 Å². The molecule has 1 atom stereocenters. The van der Waals surface area contributed by atoms with Crippen LogP contribution in [0.1, 0.15) is 18.5 Å². The Balaban J connectivity index is 0.00000324. The number of nitrogens with two attached hydrogens (primary N) is 1. The molecule has 0 aliphatic heterocycles. The molecule has 0 heterocycles. The van der Waals surface area contributed by atoms with Crippen molar-refractivity contribution in [3.8, 4) is 0 Å². The second-order valence-electron chi connectivity index (χ2n) is 3.46. The minimum atomic E-state index is -3.90. The van der Waals surface area contributed by atoms with Gasteiger partial charge in [0.05, 0.1) is 6.61 Å². The molecule has 0 aliphatic rings. The fourth-order valence-electron chi connectivity index (χ4n) is 1.34. The molecule has 8 heteroatoms. The maximum atomic E-state index is 13.7. The van der Waals surface area contributed by atoms with Crippen LogP contribution in [0.25, 0.3) is 0 Å². The van der Waals surface area contributed by atoms with E-state index < -0.39 is 17.9 Å². The SMILES string of the molecule is CCOC(=O)C(F)(F)[C@@H](N)c1c(Cl)cccc1Cl.Cl. The number of halogens is 5. The number of alkyl halides is 2. The molecule has 19 heavy (non-hydrogen) atoms. The lowest BCUT2D eigenvalue weighted by Gasteiger charge is -2.23. The number of hydrogen-bond donors (Lipinski definition) is 1. The lowest BCUT2D eigenvalue weighted by Crippen LogP contribution is -2.42. The highest BCUT2D eigenvalue weighted by atomic mass is 35.5. The highest BCUT2D eigenvalue weighted by Gasteiger charge is 2.49. The molecule has 0 amide bonds. The molecule has 0 aliphatic carbocycles. The highest BCUT2D eigenvalue weighted by Crippen LogP contribution is 2.38. The van der Waals surface area contributed by atoms with Crippen molar-refractivity contribution in [2.24, 2.45) is 5.73 Å². The summed E-state index contributed by atoms with van der Waals surface area (Å²) in [5.41, 5.74) is 5.20. The van der Waals surface area contributed by atoms with E-state index in [0.29, 0.717) is 0 Å². The molecule has 0 bridgehead atoms. The molecule has 2 N–H and O–H groups in total. The highest BCUT2D eigenvalue weighted by molar-refractivity contribution is 6.36. The molecule has 0 radical (unpaired) electrons. The molecule has 3 nitrogen and oxygen atoms in total. The summed E-state index contributed by atoms with van der Waals surface area (Å²) in [6, 6.07) is 2.26. The quantitative estimate of drug-likeness (QED) is 0.856. The number of esters is 1. The van der Waals surface area contributed by atoms with Gasteiger partial charge in [-0.1, -0.05) is 29.3 Å². The van der Waals surface area contributed by atoms with Gasteiger partial charge in [-0.25, -0.2) is 4.79 Å². The second kappa shape index (κ2) is 7.24. The number of benzene rings is 1. The van der Waals surface area contributed by atoms with Gasteiger partial charge < -0.3 is 10.5 Å². The minimum absolute atomic E-state index is 0. The van der Waals surface area contributed by atoms with E-state index in [1.54, 1.807) is 0 Å². The van der Waals surface area contributed by atoms with Crippen molar-refractivity contribution < 1.29 is 18.3 Å². The summed E-state index contributed by atoms with van der Waals surface area (Å²) in [5, 5.41) is -0.0575. The first-order chi connectivity index (χ1) is 8.32. The van der Waals surface area contributed by atoms with Crippen LogP contribution in [-0.2, 0) is 9.53 Å². The normalized spacial score (nSPS) is 12.5. The summed E-state index contributed by atoms with van der Waals surface area (Å²) in [6.45, 7) is 1.25. The van der Waals surface area contributed by atoms with Crippen molar-refractivity contribution in [3.05, 3.63) is 33.8 Å². The number of rotatable bonds is 4. The van der Waals surface area contributed by atoms with E-state index >= 15 is 0 Å². The van der Waals surface area contributed by atoms with Gasteiger partial charge in [0.25, 0.3) is 0 Å². The van der Waals surface area contributed by atoms with E-state index in [9.17, 15) is 13.6 Å². The Hall–Kier alpha value is -0.620. The molecule has 1 aromatic rings. The molecule has 0 fully saturated rings. The molecular formula is C11H12Cl3F2NO2. The van der Waals surface area contributed by atoms with Crippen LogP contribution in [0.5, 0.6) is 0 Å². The zero-order valence-electron chi connectivity index (χ0n) is 9.83. The Labute approximate surface area is 125 Å². The Morgan fingerprint density at radius 3 is 2.32 bits per heavy atom. The molecule has 0 unspecified atom stereocenters. The summed E-state index contributed by atoms with van der Waals surface area (Å²) in [5.74, 6) is -5.60. The molecule has 0 aromatic heterocycles. The largest absolute Gasteiger partial charge is 0.462 e. The maximum Gasteiger partial charge on any atom is 0.379 e. The van der Waals surface area contributed by atoms with Crippen LogP contribution in [0.15, 0.2) is 18.2 Å². The summed E-state index contributed by atoms with van der Waals surface area (Å²) in [6.07, 6.45) is 0. The fraction of sp³-hybridized carbons (Fsp3) is 0.364. The predicted molar refractivity (Wildman–Crippen MR) is 72.2 cm³/mol. The van der Waals surface area contributed by atoms with E-state index in [1.165, 1.54) is 25.1 Å². The third-order valence-corrected chi connectivity index (χ3v) is 2.91. The van der Waals surface area contributed by atoms with Gasteiger partial charge >= 0.3 is 11.9 Å². The van der Waals surface area contributed by atoms with Gasteiger partial charge in [-0.3, -0.25) is 0 Å². The fourth-order valence-corrected chi connectivity index (χ4v) is 1.98. The van der Waals surface area contributed by atoms with Crippen molar-refractivity contribution in [2.45, 2.75) is 18.9 Å². The molecule has 108 valence electrons. The van der Waals surface area contributed by atoms with Gasteiger partial charge in [-0.15, -0.1) is 12.4 Å². The molecule has 0 saturated carbocycles. The topological polar surface area (TPSA) is 52.3 Å². The molecular weight excluding hydrogens is 322 g/mol. The van der Waals surface area contributed by atoms with Crippen LogP contribution in [0.2, 0.25) is 10.0 Å². The number of ether oxygens (including phenoxy) is 1. The van der Waals surface area contributed by atoms with Crippen LogP contribution in [0.4, 0.5) is 8.78 Å². The second-order valence-corrected chi connectivity index (χ2v) is 4.27. The number of hydrogen-bond acceptors (Lipinski definition) is 3. The zero-order valence-corrected chi connectivity index (χ0v) is 12.2. The monoisotopic (exact) mass is 333 g/mol. The van der Waals surface area contributed by atoms with E-state index in [2.05, 4.69) is 4.74 Å². The minimum Gasteiger partial charge on any atom is -0.462 e. The van der Waals surface area contributed by atoms with Crippen LogP contribution in [0.3, 0.4) is 0 Å². The third kappa shape index (κ3) is 3.92. The van der Waals surface area contributed by atoms with Crippen molar-refractivity contribution >= 4 is 41.6 Å². The van der Waals surface area contributed by atoms with Gasteiger partial charge in [0.15, 0.2) is 0 Å². The van der Waals surface area contributed by atoms with Gasteiger partial charge in [-0.2, -0.15) is 8.78 Å². The lowest BCUT2D eigenvalue weighted by atomic mass is 10.0. The average molecular weight is 335 g/mol. The maximum absolute atomic E-state index is 13.7. The smallest absolute Gasteiger partial charge is 0.379 e. The van der Waals surface area contributed by atoms with E-state index in [0.717, 1.165) is 0 Å². The summed E-state index contributed by atoms with van der Waals surface area (Å²) in [4.78, 5) is 11.2. The van der Waals surface area contributed by atoms with Gasteiger partial charge in [0.1, 0.15) is 6.04 Å². The Bertz CT molecular complexity index is 437. The zero-order chi connectivity index (χ0) is 13.9. The first kappa shape index (κ1) is 18.4. The molecule has 0 saturated heterocycles. The first-order valence-electron chi connectivity index (χ1n) is 5.06. The number of carbonyl (C=O) groups is 1. The van der Waals surface area contributed by atoms with Crippen molar-refractivity contribution in [1.82, 2.24) is 0 Å². The van der Waals surface area contributed by atoms with Crippen molar-refractivity contribution in [2.75, 3.05) is 6.61 Å². The summed E-state index contributed by atoms with van der Waals surface area (Å²) < 4.78 is 31.7.